The third-order valence-electron chi connectivity index (χ3n) is 8.13. The van der Waals surface area contributed by atoms with Crippen molar-refractivity contribution in [2.75, 3.05) is 0 Å². The third kappa shape index (κ3) is 2.69. The Hall–Kier alpha value is -4.63. The van der Waals surface area contributed by atoms with Gasteiger partial charge in [0.05, 0.1) is 22.1 Å². The zero-order chi connectivity index (χ0) is 24.7. The first-order valence-corrected chi connectivity index (χ1v) is 12.8. The standard InChI is InChI=1S/C34H25N3/c1-34(2)27-16-8-6-14-23(27)25-20-26-24-15-7-10-18-30(24)37(32(26)21-28(25)34)33-35-29-17-9-11-19-31(29)36(33)22-12-4-3-5-13-22/h3-21H,1-2H3. The largest absolute Gasteiger partial charge is 0.279 e. The minimum absolute atomic E-state index is 0.0685. The predicted octanol–water partition coefficient (Wildman–Crippen LogP) is 8.43. The Balaban J connectivity index is 1.54. The van der Waals surface area contributed by atoms with Gasteiger partial charge in [-0.15, -0.1) is 0 Å². The van der Waals surface area contributed by atoms with Gasteiger partial charge in [0, 0.05) is 21.9 Å². The Bertz CT molecular complexity index is 2000. The lowest BCUT2D eigenvalue weighted by molar-refractivity contribution is 0.661. The van der Waals surface area contributed by atoms with Gasteiger partial charge >= 0.3 is 0 Å². The van der Waals surface area contributed by atoms with Gasteiger partial charge in [0.15, 0.2) is 0 Å². The Labute approximate surface area is 215 Å². The molecule has 0 radical (unpaired) electrons. The van der Waals surface area contributed by atoms with E-state index in [-0.39, 0.29) is 5.41 Å². The number of aromatic nitrogens is 3. The molecule has 0 fully saturated rings. The molecule has 2 aromatic heterocycles. The Kier molecular flexibility index (Phi) is 4.00. The van der Waals surface area contributed by atoms with E-state index in [1.165, 1.54) is 44.1 Å². The van der Waals surface area contributed by atoms with Crippen LogP contribution < -0.4 is 0 Å². The predicted molar refractivity (Wildman–Crippen MR) is 153 cm³/mol. The van der Waals surface area contributed by atoms with Crippen molar-refractivity contribution < 1.29 is 0 Å². The molecule has 176 valence electrons. The molecule has 2 heterocycles. The summed E-state index contributed by atoms with van der Waals surface area (Å²) in [4.78, 5) is 5.23. The maximum Gasteiger partial charge on any atom is 0.220 e. The van der Waals surface area contributed by atoms with Crippen LogP contribution in [-0.4, -0.2) is 14.1 Å². The lowest BCUT2D eigenvalue weighted by Crippen LogP contribution is -2.15. The molecule has 0 spiro atoms. The topological polar surface area (TPSA) is 22.8 Å². The van der Waals surface area contributed by atoms with Crippen molar-refractivity contribution in [1.82, 2.24) is 14.1 Å². The zero-order valence-corrected chi connectivity index (χ0v) is 20.8. The van der Waals surface area contributed by atoms with Crippen molar-refractivity contribution in [3.63, 3.8) is 0 Å². The van der Waals surface area contributed by atoms with Gasteiger partial charge in [0.2, 0.25) is 5.95 Å². The molecule has 37 heavy (non-hydrogen) atoms. The van der Waals surface area contributed by atoms with E-state index in [9.17, 15) is 0 Å². The normalized spacial score (nSPS) is 13.9. The highest BCUT2D eigenvalue weighted by Crippen LogP contribution is 2.51. The highest BCUT2D eigenvalue weighted by atomic mass is 15.2. The molecule has 5 aromatic carbocycles. The van der Waals surface area contributed by atoms with Crippen LogP contribution in [0.2, 0.25) is 0 Å². The second kappa shape index (κ2) is 7.21. The second-order valence-corrected chi connectivity index (χ2v) is 10.5. The van der Waals surface area contributed by atoms with E-state index in [1.807, 2.05) is 0 Å². The van der Waals surface area contributed by atoms with E-state index in [1.54, 1.807) is 0 Å². The monoisotopic (exact) mass is 475 g/mol. The van der Waals surface area contributed by atoms with E-state index in [0.29, 0.717) is 0 Å². The van der Waals surface area contributed by atoms with Crippen LogP contribution in [0.1, 0.15) is 25.0 Å². The zero-order valence-electron chi connectivity index (χ0n) is 20.8. The molecule has 0 bridgehead atoms. The smallest absolute Gasteiger partial charge is 0.220 e. The molecular weight excluding hydrogens is 450 g/mol. The number of hydrogen-bond acceptors (Lipinski definition) is 1. The number of nitrogens with zero attached hydrogens (tertiary/aromatic N) is 3. The molecule has 0 aliphatic heterocycles. The molecule has 0 amide bonds. The van der Waals surface area contributed by atoms with Crippen LogP contribution in [0.5, 0.6) is 0 Å². The number of hydrogen-bond donors (Lipinski definition) is 0. The third-order valence-corrected chi connectivity index (χ3v) is 8.13. The van der Waals surface area contributed by atoms with E-state index in [4.69, 9.17) is 4.98 Å². The summed E-state index contributed by atoms with van der Waals surface area (Å²) in [6.07, 6.45) is 0. The maximum absolute atomic E-state index is 5.23. The summed E-state index contributed by atoms with van der Waals surface area (Å²) in [5, 5.41) is 2.50. The van der Waals surface area contributed by atoms with Crippen LogP contribution in [0.4, 0.5) is 0 Å². The van der Waals surface area contributed by atoms with Crippen molar-refractivity contribution >= 4 is 32.8 Å². The van der Waals surface area contributed by atoms with E-state index >= 15 is 0 Å². The molecule has 3 nitrogen and oxygen atoms in total. The average molecular weight is 476 g/mol. The average Bonchev–Trinajstić information content (AvgIpc) is 3.54. The second-order valence-electron chi connectivity index (χ2n) is 10.5. The summed E-state index contributed by atoms with van der Waals surface area (Å²) in [5.74, 6) is 0.909. The summed E-state index contributed by atoms with van der Waals surface area (Å²) in [6, 6.07) is 41.4. The van der Waals surface area contributed by atoms with Crippen molar-refractivity contribution in [2.45, 2.75) is 19.3 Å². The molecule has 7 aromatic rings. The van der Waals surface area contributed by atoms with Gasteiger partial charge in [-0.25, -0.2) is 4.98 Å². The van der Waals surface area contributed by atoms with Crippen LogP contribution in [0.25, 0.3) is 55.6 Å². The first-order chi connectivity index (χ1) is 18.1. The van der Waals surface area contributed by atoms with Gasteiger partial charge in [-0.05, 0) is 64.7 Å². The Morgan fingerprint density at radius 3 is 2.11 bits per heavy atom. The molecule has 0 saturated heterocycles. The Morgan fingerprint density at radius 2 is 1.24 bits per heavy atom. The van der Waals surface area contributed by atoms with E-state index in [0.717, 1.165) is 22.7 Å². The first-order valence-electron chi connectivity index (χ1n) is 12.8. The van der Waals surface area contributed by atoms with Gasteiger partial charge in [-0.2, -0.15) is 0 Å². The van der Waals surface area contributed by atoms with Crippen LogP contribution in [0.3, 0.4) is 0 Å². The Morgan fingerprint density at radius 1 is 0.541 bits per heavy atom. The number of benzene rings is 5. The molecule has 1 aliphatic carbocycles. The minimum Gasteiger partial charge on any atom is -0.279 e. The summed E-state index contributed by atoms with van der Waals surface area (Å²) < 4.78 is 4.64. The van der Waals surface area contributed by atoms with Crippen LogP contribution in [0.15, 0.2) is 115 Å². The summed E-state index contributed by atoms with van der Waals surface area (Å²) >= 11 is 0. The number of para-hydroxylation sites is 4. The SMILES string of the molecule is CC1(C)c2ccccc2-c2cc3c4ccccc4n(-c4nc5ccccc5n4-c4ccccc4)c3cc21. The molecule has 1 aliphatic rings. The number of fused-ring (bicyclic) bond motifs is 7. The molecule has 0 N–H and O–H groups in total. The lowest BCUT2D eigenvalue weighted by atomic mass is 9.82. The number of rotatable bonds is 2. The summed E-state index contributed by atoms with van der Waals surface area (Å²) in [7, 11) is 0. The fourth-order valence-corrected chi connectivity index (χ4v) is 6.37. The first kappa shape index (κ1) is 20.6. The van der Waals surface area contributed by atoms with Gasteiger partial charge in [-0.1, -0.05) is 86.6 Å². The van der Waals surface area contributed by atoms with Crippen molar-refractivity contribution in [3.05, 3.63) is 126 Å². The molecule has 8 rings (SSSR count). The van der Waals surface area contributed by atoms with Crippen LogP contribution >= 0.6 is 0 Å². The maximum atomic E-state index is 5.23. The lowest BCUT2D eigenvalue weighted by Gasteiger charge is -2.21. The molecule has 0 atom stereocenters. The van der Waals surface area contributed by atoms with Gasteiger partial charge in [0.25, 0.3) is 0 Å². The van der Waals surface area contributed by atoms with Crippen molar-refractivity contribution in [2.24, 2.45) is 0 Å². The molecular formula is C34H25N3. The molecule has 3 heteroatoms. The van der Waals surface area contributed by atoms with Crippen molar-refractivity contribution in [1.29, 1.82) is 0 Å². The van der Waals surface area contributed by atoms with Gasteiger partial charge in [-0.3, -0.25) is 9.13 Å². The fraction of sp³-hybridized carbons (Fsp3) is 0.0882. The highest BCUT2D eigenvalue weighted by molar-refractivity contribution is 6.11. The van der Waals surface area contributed by atoms with Crippen LogP contribution in [-0.2, 0) is 5.41 Å². The van der Waals surface area contributed by atoms with E-state index in [2.05, 4.69) is 138 Å². The van der Waals surface area contributed by atoms with E-state index < -0.39 is 0 Å². The minimum atomic E-state index is -0.0685. The fourth-order valence-electron chi connectivity index (χ4n) is 6.37. The van der Waals surface area contributed by atoms with Gasteiger partial charge < -0.3 is 0 Å². The number of imidazole rings is 1. The van der Waals surface area contributed by atoms with Crippen LogP contribution in [0, 0.1) is 0 Å². The molecule has 0 saturated carbocycles. The van der Waals surface area contributed by atoms with Gasteiger partial charge in [0.1, 0.15) is 0 Å². The van der Waals surface area contributed by atoms with Crippen molar-refractivity contribution in [3.8, 4) is 22.8 Å². The molecule has 0 unspecified atom stereocenters. The summed E-state index contributed by atoms with van der Waals surface area (Å²) in [5.41, 5.74) is 10.9. The quantitative estimate of drug-likeness (QED) is 0.246. The highest BCUT2D eigenvalue weighted by Gasteiger charge is 2.36. The summed E-state index contributed by atoms with van der Waals surface area (Å²) in [6.45, 7) is 4.69.